The van der Waals surface area contributed by atoms with Crippen molar-refractivity contribution in [3.8, 4) is 11.5 Å². The number of amides is 1. The molecule has 0 unspecified atom stereocenters. The highest BCUT2D eigenvalue weighted by molar-refractivity contribution is 5.78. The maximum atomic E-state index is 12.2. The van der Waals surface area contributed by atoms with Gasteiger partial charge in [-0.15, -0.1) is 0 Å². The van der Waals surface area contributed by atoms with Gasteiger partial charge in [0, 0.05) is 0 Å². The summed E-state index contributed by atoms with van der Waals surface area (Å²) < 4.78 is 10.8. The fourth-order valence-electron chi connectivity index (χ4n) is 2.45. The highest BCUT2D eigenvalue weighted by Gasteiger charge is 2.13. The van der Waals surface area contributed by atoms with Crippen LogP contribution in [0, 0.1) is 13.8 Å². The number of hydrogen-bond acceptors (Lipinski definition) is 3. The van der Waals surface area contributed by atoms with Gasteiger partial charge >= 0.3 is 0 Å². The molecule has 1 N–H and O–H groups in total. The van der Waals surface area contributed by atoms with E-state index in [4.69, 9.17) is 9.47 Å². The average molecular weight is 327 g/mol. The summed E-state index contributed by atoms with van der Waals surface area (Å²) in [5.74, 6) is 1.39. The summed E-state index contributed by atoms with van der Waals surface area (Å²) in [5.41, 5.74) is 3.41. The van der Waals surface area contributed by atoms with Crippen molar-refractivity contribution < 1.29 is 14.3 Å². The molecular weight excluding hydrogens is 302 g/mol. The quantitative estimate of drug-likeness (QED) is 0.837. The molecule has 2 aromatic rings. The number of benzene rings is 2. The summed E-state index contributed by atoms with van der Waals surface area (Å²) in [5, 5.41) is 3.01. The molecule has 128 valence electrons. The van der Waals surface area contributed by atoms with E-state index >= 15 is 0 Å². The highest BCUT2D eigenvalue weighted by Crippen LogP contribution is 2.20. The van der Waals surface area contributed by atoms with Gasteiger partial charge in [-0.05, 0) is 61.2 Å². The Bertz CT molecular complexity index is 680. The molecule has 0 saturated carbocycles. The summed E-state index contributed by atoms with van der Waals surface area (Å²) in [7, 11) is 1.64. The Balaban J connectivity index is 1.92. The van der Waals surface area contributed by atoms with Gasteiger partial charge in [-0.3, -0.25) is 4.79 Å². The molecule has 2 aromatic carbocycles. The van der Waals surface area contributed by atoms with Gasteiger partial charge in [-0.2, -0.15) is 0 Å². The molecule has 0 spiro atoms. The van der Waals surface area contributed by atoms with E-state index in [1.807, 2.05) is 63.2 Å². The van der Waals surface area contributed by atoms with Crippen molar-refractivity contribution in [3.63, 3.8) is 0 Å². The molecule has 4 nitrogen and oxygen atoms in total. The molecule has 4 heteroatoms. The Kier molecular flexibility index (Phi) is 6.24. The summed E-state index contributed by atoms with van der Waals surface area (Å²) in [4.78, 5) is 12.2. The number of rotatable bonds is 7. The summed E-state index contributed by atoms with van der Waals surface area (Å²) in [6.45, 7) is 6.13. The Morgan fingerprint density at radius 2 is 1.71 bits per heavy atom. The van der Waals surface area contributed by atoms with Gasteiger partial charge in [0.2, 0.25) is 0 Å². The first-order valence-corrected chi connectivity index (χ1v) is 8.16. The normalized spacial score (nSPS) is 11.7. The van der Waals surface area contributed by atoms with Gasteiger partial charge in [-0.1, -0.05) is 25.1 Å². The number of carbonyl (C=O) groups is 1. The lowest BCUT2D eigenvalue weighted by atomic mass is 10.0. The summed E-state index contributed by atoms with van der Waals surface area (Å²) in [6.07, 6.45) is 0.807. The van der Waals surface area contributed by atoms with Crippen LogP contribution in [0.1, 0.15) is 36.1 Å². The number of aryl methyl sites for hydroxylation is 2. The topological polar surface area (TPSA) is 47.6 Å². The van der Waals surface area contributed by atoms with Crippen LogP contribution in [-0.4, -0.2) is 19.6 Å². The van der Waals surface area contributed by atoms with Crippen LogP contribution in [0.3, 0.4) is 0 Å². The first-order valence-electron chi connectivity index (χ1n) is 8.16. The fraction of sp³-hybridized carbons (Fsp3) is 0.350. The van der Waals surface area contributed by atoms with Crippen LogP contribution in [0.5, 0.6) is 11.5 Å². The zero-order chi connectivity index (χ0) is 17.5. The van der Waals surface area contributed by atoms with Crippen LogP contribution >= 0.6 is 0 Å². The van der Waals surface area contributed by atoms with E-state index in [0.717, 1.165) is 23.3 Å². The fourth-order valence-corrected chi connectivity index (χ4v) is 2.45. The van der Waals surface area contributed by atoms with Crippen LogP contribution in [0.15, 0.2) is 42.5 Å². The first-order chi connectivity index (χ1) is 11.5. The van der Waals surface area contributed by atoms with Crippen LogP contribution < -0.4 is 14.8 Å². The van der Waals surface area contributed by atoms with Gasteiger partial charge in [-0.25, -0.2) is 0 Å². The minimum Gasteiger partial charge on any atom is -0.497 e. The van der Waals surface area contributed by atoms with E-state index in [1.165, 1.54) is 5.56 Å². The van der Waals surface area contributed by atoms with E-state index < -0.39 is 0 Å². The van der Waals surface area contributed by atoms with E-state index in [0.29, 0.717) is 5.75 Å². The molecule has 1 amide bonds. The number of hydrogen-bond donors (Lipinski definition) is 1. The van der Waals surface area contributed by atoms with Crippen molar-refractivity contribution in [2.24, 2.45) is 0 Å². The summed E-state index contributed by atoms with van der Waals surface area (Å²) in [6, 6.07) is 13.5. The second-order valence-electron chi connectivity index (χ2n) is 5.84. The monoisotopic (exact) mass is 327 g/mol. The molecule has 0 bridgehead atoms. The molecule has 24 heavy (non-hydrogen) atoms. The molecule has 0 saturated heterocycles. The summed E-state index contributed by atoms with van der Waals surface area (Å²) >= 11 is 0. The van der Waals surface area contributed by atoms with Crippen molar-refractivity contribution in [2.75, 3.05) is 13.7 Å². The second-order valence-corrected chi connectivity index (χ2v) is 5.84. The molecule has 0 fully saturated rings. The maximum Gasteiger partial charge on any atom is 0.258 e. The van der Waals surface area contributed by atoms with Crippen LogP contribution in [0.4, 0.5) is 0 Å². The van der Waals surface area contributed by atoms with Gasteiger partial charge in [0.25, 0.3) is 5.91 Å². The lowest BCUT2D eigenvalue weighted by Crippen LogP contribution is -2.32. The zero-order valence-corrected chi connectivity index (χ0v) is 14.8. The van der Waals surface area contributed by atoms with Gasteiger partial charge in [0.05, 0.1) is 13.2 Å². The van der Waals surface area contributed by atoms with Gasteiger partial charge in [0.1, 0.15) is 11.5 Å². The minimum atomic E-state index is -0.129. The molecule has 1 atom stereocenters. The van der Waals surface area contributed by atoms with Crippen LogP contribution in [0.25, 0.3) is 0 Å². The lowest BCUT2D eigenvalue weighted by Gasteiger charge is -2.18. The Morgan fingerprint density at radius 3 is 2.29 bits per heavy atom. The largest absolute Gasteiger partial charge is 0.497 e. The van der Waals surface area contributed by atoms with Gasteiger partial charge in [0.15, 0.2) is 6.61 Å². The number of nitrogens with one attached hydrogen (secondary N) is 1. The number of carbonyl (C=O) groups excluding carboxylic acids is 1. The van der Waals surface area contributed by atoms with Crippen molar-refractivity contribution in [1.29, 1.82) is 0 Å². The molecule has 0 aromatic heterocycles. The van der Waals surface area contributed by atoms with Crippen molar-refractivity contribution in [1.82, 2.24) is 5.32 Å². The molecule has 0 radical (unpaired) electrons. The maximum absolute atomic E-state index is 12.2. The third-order valence-corrected chi connectivity index (χ3v) is 4.11. The second kappa shape index (κ2) is 8.39. The van der Waals surface area contributed by atoms with Crippen molar-refractivity contribution in [3.05, 3.63) is 59.2 Å². The van der Waals surface area contributed by atoms with E-state index in [1.54, 1.807) is 7.11 Å². The Morgan fingerprint density at radius 1 is 1.04 bits per heavy atom. The molecule has 2 rings (SSSR count). The van der Waals surface area contributed by atoms with E-state index in [-0.39, 0.29) is 18.6 Å². The molecular formula is C20H25NO3. The number of ether oxygens (including phenoxy) is 2. The first kappa shape index (κ1) is 17.9. The van der Waals surface area contributed by atoms with Crippen LogP contribution in [-0.2, 0) is 4.79 Å². The predicted molar refractivity (Wildman–Crippen MR) is 95.6 cm³/mol. The average Bonchev–Trinajstić information content (AvgIpc) is 2.61. The Labute approximate surface area is 143 Å². The highest BCUT2D eigenvalue weighted by atomic mass is 16.5. The smallest absolute Gasteiger partial charge is 0.258 e. The van der Waals surface area contributed by atoms with Crippen molar-refractivity contribution in [2.45, 2.75) is 33.2 Å². The van der Waals surface area contributed by atoms with E-state index in [9.17, 15) is 4.79 Å². The SMILES string of the molecule is CC[C@H](NC(=O)COc1ccc(C)c(C)c1)c1ccc(OC)cc1. The van der Waals surface area contributed by atoms with Crippen molar-refractivity contribution >= 4 is 5.91 Å². The standard InChI is InChI=1S/C20H25NO3/c1-5-19(16-7-10-17(23-4)11-8-16)21-20(22)13-24-18-9-6-14(2)15(3)12-18/h6-12,19H,5,13H2,1-4H3,(H,21,22)/t19-/m0/s1. The zero-order valence-electron chi connectivity index (χ0n) is 14.8. The Hall–Kier alpha value is -2.49. The molecule has 0 heterocycles. The molecule has 0 aliphatic carbocycles. The third-order valence-electron chi connectivity index (χ3n) is 4.11. The molecule has 0 aliphatic heterocycles. The third kappa shape index (κ3) is 4.75. The number of methoxy groups -OCH3 is 1. The predicted octanol–water partition coefficient (Wildman–Crippen LogP) is 3.96. The lowest BCUT2D eigenvalue weighted by molar-refractivity contribution is -0.123. The molecule has 0 aliphatic rings. The van der Waals surface area contributed by atoms with E-state index in [2.05, 4.69) is 5.32 Å². The van der Waals surface area contributed by atoms with Crippen LogP contribution in [0.2, 0.25) is 0 Å². The van der Waals surface area contributed by atoms with Gasteiger partial charge < -0.3 is 14.8 Å². The minimum absolute atomic E-state index is 0.00908.